The smallest absolute Gasteiger partial charge is 0.259 e. The van der Waals surface area contributed by atoms with Gasteiger partial charge < -0.3 is 19.9 Å². The van der Waals surface area contributed by atoms with Gasteiger partial charge >= 0.3 is 0 Å². The predicted octanol–water partition coefficient (Wildman–Crippen LogP) is 8.61. The molecule has 0 bridgehead atoms. The van der Waals surface area contributed by atoms with Gasteiger partial charge in [0, 0.05) is 66.2 Å². The third-order valence-corrected chi connectivity index (χ3v) is 12.0. The Labute approximate surface area is 323 Å². The molecule has 278 valence electrons. The molecule has 2 N–H and O–H groups in total. The number of amides is 2. The van der Waals surface area contributed by atoms with E-state index < -0.39 is 11.6 Å². The minimum absolute atomic E-state index is 0.0122. The molecule has 3 aliphatic heterocycles. The summed E-state index contributed by atoms with van der Waals surface area (Å²) in [6.07, 6.45) is 6.39. The van der Waals surface area contributed by atoms with Crippen LogP contribution in [0.15, 0.2) is 91.1 Å². The molecule has 0 saturated carbocycles. The molecule has 55 heavy (non-hydrogen) atoms. The lowest BCUT2D eigenvalue weighted by molar-refractivity contribution is -0.000511. The number of anilines is 3. The normalized spacial score (nSPS) is 16.1. The van der Waals surface area contributed by atoms with E-state index in [0.29, 0.717) is 46.0 Å². The van der Waals surface area contributed by atoms with Crippen molar-refractivity contribution in [3.8, 4) is 0 Å². The van der Waals surface area contributed by atoms with Gasteiger partial charge in [-0.2, -0.15) is 0 Å². The van der Waals surface area contributed by atoms with Gasteiger partial charge in [0.1, 0.15) is 17.3 Å². The fraction of sp³-hybridized carbons (Fsp3) is 0.250. The zero-order valence-electron chi connectivity index (χ0n) is 30.7. The Morgan fingerprint density at radius 2 is 1.71 bits per heavy atom. The Hall–Kier alpha value is -5.78. The van der Waals surface area contributed by atoms with Crippen LogP contribution in [0.4, 0.5) is 21.6 Å². The third-order valence-electron chi connectivity index (χ3n) is 10.8. The third kappa shape index (κ3) is 7.13. The summed E-state index contributed by atoms with van der Waals surface area (Å²) in [4.78, 5) is 50.8. The van der Waals surface area contributed by atoms with Gasteiger partial charge in [-0.1, -0.05) is 30.3 Å². The van der Waals surface area contributed by atoms with Crippen LogP contribution in [-0.4, -0.2) is 61.1 Å². The van der Waals surface area contributed by atoms with E-state index >= 15 is 0 Å². The van der Waals surface area contributed by atoms with Crippen LogP contribution in [0.5, 0.6) is 0 Å². The number of carbonyl (C=O) groups is 3. The molecule has 9 nitrogen and oxygen atoms in total. The van der Waals surface area contributed by atoms with E-state index in [-0.39, 0.29) is 28.5 Å². The zero-order chi connectivity index (χ0) is 38.3. The Balaban J connectivity index is 0.958. The van der Waals surface area contributed by atoms with Crippen molar-refractivity contribution in [3.63, 3.8) is 0 Å². The van der Waals surface area contributed by atoms with E-state index in [1.165, 1.54) is 17.4 Å². The van der Waals surface area contributed by atoms with Crippen LogP contribution in [0.3, 0.4) is 0 Å². The Morgan fingerprint density at radius 1 is 0.945 bits per heavy atom. The minimum atomic E-state index is -0.595. The van der Waals surface area contributed by atoms with Crippen LogP contribution < -0.4 is 15.1 Å². The number of thiophene rings is 1. The lowest BCUT2D eigenvalue weighted by Crippen LogP contribution is -2.59. The van der Waals surface area contributed by atoms with Gasteiger partial charge in [0.15, 0.2) is 0 Å². The van der Waals surface area contributed by atoms with Crippen molar-refractivity contribution in [2.24, 2.45) is 5.41 Å². The van der Waals surface area contributed by atoms with Crippen molar-refractivity contribution in [1.82, 2.24) is 4.98 Å². The number of para-hydroxylation sites is 1. The maximum absolute atomic E-state index is 14.6. The highest BCUT2D eigenvalue weighted by atomic mass is 32.1. The molecule has 2 fully saturated rings. The van der Waals surface area contributed by atoms with Gasteiger partial charge in [-0.05, 0) is 116 Å². The first-order chi connectivity index (χ1) is 26.6. The highest BCUT2D eigenvalue weighted by Crippen LogP contribution is 2.42. The second kappa shape index (κ2) is 14.8. The standard InChI is InChI=1S/C44H40FN5O4S/c1-27-22-33(41(47-24-27)49-25-44(26-49)17-20-54-21-18-44)42(52)48-32-12-10-29(11-13-32)43(53)50-19-16-31(23-30-7-3-4-9-35(30)50)36-14-15-37(55-36)40(51)39(46)38-28(2)6-5-8-34(38)45/h3-15,22-24,46H,16-21,25-26H2,1-2H3,(H,48,52). The van der Waals surface area contributed by atoms with Crippen LogP contribution in [0, 0.1) is 30.5 Å². The molecule has 0 radical (unpaired) electrons. The first-order valence-electron chi connectivity index (χ1n) is 18.4. The average molecular weight is 754 g/mol. The fourth-order valence-corrected chi connectivity index (χ4v) is 8.75. The van der Waals surface area contributed by atoms with Crippen molar-refractivity contribution >= 4 is 63.5 Å². The number of nitrogens with one attached hydrogen (secondary N) is 2. The number of nitrogens with zero attached hydrogens (tertiary/aromatic N) is 3. The largest absolute Gasteiger partial charge is 0.381 e. The van der Waals surface area contributed by atoms with Crippen molar-refractivity contribution < 1.29 is 23.5 Å². The minimum Gasteiger partial charge on any atom is -0.381 e. The summed E-state index contributed by atoms with van der Waals surface area (Å²) in [6, 6.07) is 24.5. The van der Waals surface area contributed by atoms with Crippen molar-refractivity contribution in [2.75, 3.05) is 48.0 Å². The van der Waals surface area contributed by atoms with Crippen LogP contribution in [0.1, 0.15) is 76.8 Å². The van der Waals surface area contributed by atoms with E-state index in [4.69, 9.17) is 10.1 Å². The quantitative estimate of drug-likeness (QED) is 0.121. The first-order valence-corrected chi connectivity index (χ1v) is 19.2. The van der Waals surface area contributed by atoms with Gasteiger partial charge in [-0.25, -0.2) is 9.37 Å². The van der Waals surface area contributed by atoms with Crippen molar-refractivity contribution in [1.29, 1.82) is 5.41 Å². The highest BCUT2D eigenvalue weighted by molar-refractivity contribution is 7.16. The lowest BCUT2D eigenvalue weighted by atomic mass is 9.73. The van der Waals surface area contributed by atoms with E-state index in [1.54, 1.807) is 60.5 Å². The number of pyridine rings is 1. The van der Waals surface area contributed by atoms with Gasteiger partial charge in [-0.3, -0.25) is 19.8 Å². The molecule has 8 rings (SSSR count). The van der Waals surface area contributed by atoms with Crippen LogP contribution in [0.2, 0.25) is 0 Å². The number of halogens is 1. The summed E-state index contributed by atoms with van der Waals surface area (Å²) in [6.45, 7) is 7.26. The number of aryl methyl sites for hydroxylation is 2. The number of ether oxygens (including phenoxy) is 1. The molecule has 5 aromatic rings. The Kier molecular flexibility index (Phi) is 9.75. The Bertz CT molecular complexity index is 2350. The van der Waals surface area contributed by atoms with Gasteiger partial charge in [0.2, 0.25) is 5.78 Å². The second-order valence-electron chi connectivity index (χ2n) is 14.6. The van der Waals surface area contributed by atoms with Crippen LogP contribution >= 0.6 is 11.3 Å². The van der Waals surface area contributed by atoms with E-state index in [0.717, 1.165) is 66.4 Å². The number of carbonyl (C=O) groups excluding carboxylic acids is 3. The molecule has 2 amide bonds. The molecule has 3 aromatic carbocycles. The monoisotopic (exact) mass is 753 g/mol. The van der Waals surface area contributed by atoms with Crippen molar-refractivity contribution in [2.45, 2.75) is 33.1 Å². The summed E-state index contributed by atoms with van der Waals surface area (Å²) in [5, 5.41) is 11.5. The molecule has 2 saturated heterocycles. The molecule has 2 aromatic heterocycles. The molecule has 11 heteroatoms. The van der Waals surface area contributed by atoms with Gasteiger partial charge in [0.25, 0.3) is 11.8 Å². The van der Waals surface area contributed by atoms with Gasteiger partial charge in [0.05, 0.1) is 16.1 Å². The Morgan fingerprint density at radius 3 is 2.47 bits per heavy atom. The van der Waals surface area contributed by atoms with E-state index in [1.807, 2.05) is 49.4 Å². The molecule has 3 aliphatic rings. The maximum Gasteiger partial charge on any atom is 0.259 e. The van der Waals surface area contributed by atoms with Crippen LogP contribution in [-0.2, 0) is 4.74 Å². The summed E-state index contributed by atoms with van der Waals surface area (Å²) in [7, 11) is 0. The molecule has 5 heterocycles. The predicted molar refractivity (Wildman–Crippen MR) is 215 cm³/mol. The number of ketones is 1. The topological polar surface area (TPSA) is 116 Å². The lowest BCUT2D eigenvalue weighted by Gasteiger charge is -2.53. The molecular formula is C44H40FN5O4S. The molecular weight excluding hydrogens is 714 g/mol. The number of hydrogen-bond acceptors (Lipinski definition) is 8. The maximum atomic E-state index is 14.6. The van der Waals surface area contributed by atoms with Gasteiger partial charge in [-0.15, -0.1) is 11.3 Å². The zero-order valence-corrected chi connectivity index (χ0v) is 31.5. The summed E-state index contributed by atoms with van der Waals surface area (Å²) in [5.74, 6) is -0.882. The number of rotatable bonds is 8. The summed E-state index contributed by atoms with van der Waals surface area (Å²) in [5.41, 5.74) is 5.43. The highest BCUT2D eigenvalue weighted by Gasteiger charge is 2.45. The average Bonchev–Trinajstić information content (AvgIpc) is 3.59. The SMILES string of the molecule is Cc1cnc(N2CC3(CCOCC3)C2)c(C(=O)Nc2ccc(C(=O)N3CCC(c4ccc(C(=O)C(=N)c5c(C)cccc5F)s4)=Cc4ccccc43)cc2)c1. The van der Waals surface area contributed by atoms with Crippen LogP contribution in [0.25, 0.3) is 11.6 Å². The number of benzene rings is 3. The molecule has 0 aliphatic carbocycles. The fourth-order valence-electron chi connectivity index (χ4n) is 7.76. The molecule has 0 atom stereocenters. The number of hydrogen-bond donors (Lipinski definition) is 2. The second-order valence-corrected chi connectivity index (χ2v) is 15.7. The summed E-state index contributed by atoms with van der Waals surface area (Å²) < 4.78 is 20.1. The van der Waals surface area contributed by atoms with Crippen molar-refractivity contribution in [3.05, 3.63) is 140 Å². The number of aromatic nitrogens is 1. The number of fused-ring (bicyclic) bond motifs is 1. The first kappa shape index (κ1) is 36.2. The molecule has 1 spiro atoms. The number of Topliss-reactive ketones (excluding diaryl/α,β-unsaturated/α-hetero) is 1. The summed E-state index contributed by atoms with van der Waals surface area (Å²) >= 11 is 1.26. The van der Waals surface area contributed by atoms with E-state index in [9.17, 15) is 18.8 Å². The molecule has 0 unspecified atom stereocenters. The van der Waals surface area contributed by atoms with E-state index in [2.05, 4.69) is 15.2 Å².